The minimum absolute atomic E-state index is 0.0786. The lowest BCUT2D eigenvalue weighted by Crippen LogP contribution is -2.35. The fraction of sp³-hybridized carbons (Fsp3) is 0.462. The number of carbonyl (C=O) groups excluding carboxylic acids is 1. The third kappa shape index (κ3) is 2.57. The minimum atomic E-state index is -0.578. The van der Waals surface area contributed by atoms with Crippen molar-refractivity contribution >= 4 is 17.1 Å². The molecule has 1 atom stereocenters. The van der Waals surface area contributed by atoms with Crippen LogP contribution in [-0.2, 0) is 16.1 Å². The summed E-state index contributed by atoms with van der Waals surface area (Å²) in [4.78, 5) is 27.6. The normalized spacial score (nSPS) is 18.5. The summed E-state index contributed by atoms with van der Waals surface area (Å²) in [6.45, 7) is 1.11. The topological polar surface area (TPSA) is 86.4 Å². The van der Waals surface area contributed by atoms with Crippen LogP contribution in [-0.4, -0.2) is 34.7 Å². The minimum Gasteiger partial charge on any atom is -0.406 e. The van der Waals surface area contributed by atoms with Crippen LogP contribution in [0, 0.1) is 0 Å². The molecule has 1 saturated heterocycles. The molecule has 0 bridgehead atoms. The molecule has 7 nitrogen and oxygen atoms in total. The lowest BCUT2D eigenvalue weighted by molar-refractivity contribution is -0.122. The number of ether oxygens (including phenoxy) is 1. The predicted molar refractivity (Wildman–Crippen MR) is 70.3 cm³/mol. The van der Waals surface area contributed by atoms with E-state index in [1.165, 1.54) is 4.57 Å². The molecule has 0 aromatic carbocycles. The Labute approximate surface area is 114 Å². The molecular formula is C13H15N3O4. The zero-order valence-electron chi connectivity index (χ0n) is 10.9. The summed E-state index contributed by atoms with van der Waals surface area (Å²) in [7, 11) is 0. The molecule has 2 aromatic heterocycles. The van der Waals surface area contributed by atoms with Gasteiger partial charge in [0.05, 0.1) is 6.10 Å². The molecule has 3 heterocycles. The highest BCUT2D eigenvalue weighted by Crippen LogP contribution is 2.11. The van der Waals surface area contributed by atoms with E-state index in [4.69, 9.17) is 9.15 Å². The van der Waals surface area contributed by atoms with Crippen molar-refractivity contribution in [2.75, 3.05) is 13.2 Å². The van der Waals surface area contributed by atoms with Gasteiger partial charge in [-0.3, -0.25) is 4.79 Å². The number of aromatic nitrogens is 2. The van der Waals surface area contributed by atoms with Gasteiger partial charge in [0.25, 0.3) is 0 Å². The van der Waals surface area contributed by atoms with Crippen LogP contribution < -0.4 is 11.1 Å². The van der Waals surface area contributed by atoms with Crippen LogP contribution in [0.5, 0.6) is 0 Å². The van der Waals surface area contributed by atoms with Gasteiger partial charge in [-0.15, -0.1) is 0 Å². The van der Waals surface area contributed by atoms with E-state index in [1.807, 2.05) is 0 Å². The zero-order valence-corrected chi connectivity index (χ0v) is 10.9. The molecule has 0 aliphatic carbocycles. The fourth-order valence-corrected chi connectivity index (χ4v) is 2.27. The third-order valence-electron chi connectivity index (χ3n) is 3.28. The quantitative estimate of drug-likeness (QED) is 0.867. The first kappa shape index (κ1) is 12.9. The van der Waals surface area contributed by atoms with E-state index in [9.17, 15) is 9.59 Å². The summed E-state index contributed by atoms with van der Waals surface area (Å²) in [6, 6.07) is 3.32. The van der Waals surface area contributed by atoms with Crippen LogP contribution >= 0.6 is 0 Å². The van der Waals surface area contributed by atoms with Crippen molar-refractivity contribution in [3.63, 3.8) is 0 Å². The van der Waals surface area contributed by atoms with E-state index < -0.39 is 5.76 Å². The Morgan fingerprint density at radius 3 is 3.25 bits per heavy atom. The van der Waals surface area contributed by atoms with Gasteiger partial charge >= 0.3 is 5.76 Å². The maximum atomic E-state index is 11.9. The zero-order chi connectivity index (χ0) is 13.9. The first-order valence-electron chi connectivity index (χ1n) is 6.57. The van der Waals surface area contributed by atoms with E-state index in [2.05, 4.69) is 10.3 Å². The van der Waals surface area contributed by atoms with Crippen molar-refractivity contribution in [2.45, 2.75) is 25.5 Å². The summed E-state index contributed by atoms with van der Waals surface area (Å²) in [6.07, 6.45) is 3.61. The van der Waals surface area contributed by atoms with E-state index in [-0.39, 0.29) is 18.6 Å². The van der Waals surface area contributed by atoms with Crippen LogP contribution in [0.3, 0.4) is 0 Å². The Morgan fingerprint density at radius 2 is 2.45 bits per heavy atom. The number of amides is 1. The van der Waals surface area contributed by atoms with Gasteiger partial charge in [0.2, 0.25) is 5.91 Å². The summed E-state index contributed by atoms with van der Waals surface area (Å²) in [5, 5.41) is 2.76. The second-order valence-corrected chi connectivity index (χ2v) is 4.72. The van der Waals surface area contributed by atoms with Crippen LogP contribution in [0.2, 0.25) is 0 Å². The molecule has 106 valence electrons. The van der Waals surface area contributed by atoms with Crippen molar-refractivity contribution < 1.29 is 13.9 Å². The number of rotatable bonds is 4. The number of carbonyl (C=O) groups is 1. The molecule has 0 radical (unpaired) electrons. The highest BCUT2D eigenvalue weighted by molar-refractivity contribution is 5.78. The summed E-state index contributed by atoms with van der Waals surface area (Å²) < 4.78 is 11.7. The highest BCUT2D eigenvalue weighted by atomic mass is 16.5. The monoisotopic (exact) mass is 277 g/mol. The third-order valence-corrected chi connectivity index (χ3v) is 3.28. The largest absolute Gasteiger partial charge is 0.421 e. The number of hydrogen-bond donors (Lipinski definition) is 1. The highest BCUT2D eigenvalue weighted by Gasteiger charge is 2.17. The first-order valence-corrected chi connectivity index (χ1v) is 6.57. The molecule has 1 aliphatic heterocycles. The second kappa shape index (κ2) is 5.46. The fourth-order valence-electron chi connectivity index (χ4n) is 2.27. The molecule has 2 aromatic rings. The number of nitrogens with one attached hydrogen (secondary N) is 1. The molecule has 3 rings (SSSR count). The maximum Gasteiger partial charge on any atom is 0.421 e. The van der Waals surface area contributed by atoms with Gasteiger partial charge in [-0.05, 0) is 25.0 Å². The number of pyridine rings is 1. The summed E-state index contributed by atoms with van der Waals surface area (Å²) >= 11 is 0. The number of fused-ring (bicyclic) bond motifs is 1. The molecule has 0 saturated carbocycles. The van der Waals surface area contributed by atoms with Crippen LogP contribution in [0.25, 0.3) is 11.2 Å². The van der Waals surface area contributed by atoms with E-state index in [0.29, 0.717) is 17.8 Å². The Kier molecular flexibility index (Phi) is 3.51. The van der Waals surface area contributed by atoms with Crippen LogP contribution in [0.15, 0.2) is 27.5 Å². The van der Waals surface area contributed by atoms with E-state index >= 15 is 0 Å². The van der Waals surface area contributed by atoms with Gasteiger partial charge < -0.3 is 14.5 Å². The first-order chi connectivity index (χ1) is 9.74. The average molecular weight is 277 g/mol. The van der Waals surface area contributed by atoms with Gasteiger partial charge in [-0.1, -0.05) is 0 Å². The lowest BCUT2D eigenvalue weighted by Gasteiger charge is -2.10. The number of hydrogen-bond acceptors (Lipinski definition) is 5. The standard InChI is InChI=1S/C13H15N3O4/c17-11(15-7-9-3-2-6-19-9)8-16-12-10(20-13(16)18)4-1-5-14-12/h1,4-5,9H,2-3,6-8H2,(H,15,17). The molecule has 1 unspecified atom stereocenters. The molecule has 20 heavy (non-hydrogen) atoms. The van der Waals surface area contributed by atoms with E-state index in [1.54, 1.807) is 18.3 Å². The molecule has 1 amide bonds. The maximum absolute atomic E-state index is 11.9. The lowest BCUT2D eigenvalue weighted by atomic mass is 10.2. The molecule has 1 aliphatic rings. The molecule has 7 heteroatoms. The molecule has 1 N–H and O–H groups in total. The number of nitrogens with zero attached hydrogens (tertiary/aromatic N) is 2. The van der Waals surface area contributed by atoms with Crippen molar-refractivity contribution in [2.24, 2.45) is 0 Å². The van der Waals surface area contributed by atoms with Gasteiger partial charge in [-0.2, -0.15) is 0 Å². The van der Waals surface area contributed by atoms with Crippen LogP contribution in [0.1, 0.15) is 12.8 Å². The van der Waals surface area contributed by atoms with Gasteiger partial charge in [-0.25, -0.2) is 14.3 Å². The van der Waals surface area contributed by atoms with Gasteiger partial charge in [0, 0.05) is 19.3 Å². The number of oxazole rings is 1. The smallest absolute Gasteiger partial charge is 0.406 e. The SMILES string of the molecule is O=C(Cn1c(=O)oc2cccnc21)NCC1CCCO1. The summed E-state index contributed by atoms with van der Waals surface area (Å²) in [5.41, 5.74) is 0.759. The summed E-state index contributed by atoms with van der Waals surface area (Å²) in [5.74, 6) is -0.832. The second-order valence-electron chi connectivity index (χ2n) is 4.72. The molecule has 1 fully saturated rings. The predicted octanol–water partition coefficient (Wildman–Crippen LogP) is 0.285. The Hall–Kier alpha value is -2.15. The Morgan fingerprint density at radius 1 is 1.55 bits per heavy atom. The Bertz CT molecular complexity index is 670. The molecule has 0 spiro atoms. The van der Waals surface area contributed by atoms with Crippen molar-refractivity contribution in [1.29, 1.82) is 0 Å². The van der Waals surface area contributed by atoms with Crippen LogP contribution in [0.4, 0.5) is 0 Å². The van der Waals surface area contributed by atoms with Crippen molar-refractivity contribution in [3.05, 3.63) is 28.9 Å². The molecular weight excluding hydrogens is 262 g/mol. The van der Waals surface area contributed by atoms with Crippen molar-refractivity contribution in [1.82, 2.24) is 14.9 Å². The average Bonchev–Trinajstić information content (AvgIpc) is 3.06. The Balaban J connectivity index is 1.67. The van der Waals surface area contributed by atoms with E-state index in [0.717, 1.165) is 19.4 Å². The van der Waals surface area contributed by atoms with Gasteiger partial charge in [0.15, 0.2) is 11.2 Å². The van der Waals surface area contributed by atoms with Crippen molar-refractivity contribution in [3.8, 4) is 0 Å². The van der Waals surface area contributed by atoms with Gasteiger partial charge in [0.1, 0.15) is 6.54 Å².